The number of hydrogen-bond donors (Lipinski definition) is 2. The molecule has 1 aromatic rings. The van der Waals surface area contributed by atoms with Crippen molar-refractivity contribution in [2.75, 3.05) is 32.8 Å². The third-order valence-corrected chi connectivity index (χ3v) is 6.43. The van der Waals surface area contributed by atoms with E-state index >= 15 is 0 Å². The zero-order valence-corrected chi connectivity index (χ0v) is 22.0. The number of piperidine rings is 1. The predicted octanol–water partition coefficient (Wildman–Crippen LogP) is 4.44. The van der Waals surface area contributed by atoms with Crippen LogP contribution < -0.4 is 10.6 Å². The number of ether oxygens (including phenoxy) is 1. The lowest BCUT2D eigenvalue weighted by atomic mass is 9.86. The molecule has 1 saturated heterocycles. The molecule has 2 aliphatic rings. The van der Waals surface area contributed by atoms with Crippen molar-refractivity contribution in [1.82, 2.24) is 15.5 Å². The van der Waals surface area contributed by atoms with Crippen molar-refractivity contribution in [3.8, 4) is 0 Å². The van der Waals surface area contributed by atoms with Crippen molar-refractivity contribution >= 4 is 29.9 Å². The average molecular weight is 547 g/mol. The standard InChI is InChI=1S/C24H42N4O2.HI/c1-19(2)29-18-16-28-14-11-21(12-15-28)26-24(25-13-10-22-8-6-17-30-22)27-23-9-5-4-7-20(23)3;/h6,8,17,19-21,23H,4-5,7,9-16,18H2,1-3H3,(H2,25,26,27);1H. The summed E-state index contributed by atoms with van der Waals surface area (Å²) in [6, 6.07) is 4.99. The van der Waals surface area contributed by atoms with E-state index in [1.807, 2.05) is 12.1 Å². The van der Waals surface area contributed by atoms with Crippen LogP contribution in [0.4, 0.5) is 0 Å². The number of halogens is 1. The van der Waals surface area contributed by atoms with E-state index in [2.05, 4.69) is 36.3 Å². The minimum Gasteiger partial charge on any atom is -0.469 e. The van der Waals surface area contributed by atoms with Crippen LogP contribution in [0.5, 0.6) is 0 Å². The Labute approximate surface area is 206 Å². The number of rotatable bonds is 9. The molecule has 2 atom stereocenters. The Morgan fingerprint density at radius 3 is 2.65 bits per heavy atom. The van der Waals surface area contributed by atoms with Gasteiger partial charge in [-0.2, -0.15) is 0 Å². The summed E-state index contributed by atoms with van der Waals surface area (Å²) in [6.07, 6.45) is 10.4. The van der Waals surface area contributed by atoms with Gasteiger partial charge in [-0.15, -0.1) is 24.0 Å². The highest BCUT2D eigenvalue weighted by atomic mass is 127. The first-order valence-electron chi connectivity index (χ1n) is 12.0. The molecule has 0 radical (unpaired) electrons. The monoisotopic (exact) mass is 546 g/mol. The highest BCUT2D eigenvalue weighted by Gasteiger charge is 2.24. The molecule has 0 amide bonds. The summed E-state index contributed by atoms with van der Waals surface area (Å²) in [5, 5.41) is 7.51. The summed E-state index contributed by atoms with van der Waals surface area (Å²) in [7, 11) is 0. The van der Waals surface area contributed by atoms with Crippen molar-refractivity contribution in [2.45, 2.75) is 83.9 Å². The largest absolute Gasteiger partial charge is 0.469 e. The van der Waals surface area contributed by atoms with Gasteiger partial charge in [0.15, 0.2) is 5.96 Å². The maximum Gasteiger partial charge on any atom is 0.191 e. The van der Waals surface area contributed by atoms with Crippen LogP contribution in [0.25, 0.3) is 0 Å². The summed E-state index contributed by atoms with van der Waals surface area (Å²) in [6.45, 7) is 11.4. The number of likely N-dealkylation sites (tertiary alicyclic amines) is 1. The molecule has 31 heavy (non-hydrogen) atoms. The Hall–Kier alpha value is -0.800. The van der Waals surface area contributed by atoms with E-state index in [9.17, 15) is 0 Å². The SMILES string of the molecule is CC(C)OCCN1CCC(NC(=NCCc2ccco2)NC2CCCCC2C)CC1.I. The van der Waals surface area contributed by atoms with Gasteiger partial charge in [-0.25, -0.2) is 0 Å². The van der Waals surface area contributed by atoms with Crippen molar-refractivity contribution in [3.05, 3.63) is 24.2 Å². The van der Waals surface area contributed by atoms with E-state index < -0.39 is 0 Å². The fourth-order valence-corrected chi connectivity index (χ4v) is 4.48. The predicted molar refractivity (Wildman–Crippen MR) is 138 cm³/mol. The minimum absolute atomic E-state index is 0. The zero-order valence-electron chi connectivity index (χ0n) is 19.6. The van der Waals surface area contributed by atoms with Crippen molar-refractivity contribution in [3.63, 3.8) is 0 Å². The van der Waals surface area contributed by atoms with Gasteiger partial charge in [-0.3, -0.25) is 4.99 Å². The molecule has 0 bridgehead atoms. The van der Waals surface area contributed by atoms with E-state index in [1.54, 1.807) is 6.26 Å². The molecule has 7 heteroatoms. The van der Waals surface area contributed by atoms with Crippen LogP contribution in [0.3, 0.4) is 0 Å². The molecule has 0 spiro atoms. The number of nitrogens with one attached hydrogen (secondary N) is 2. The smallest absolute Gasteiger partial charge is 0.191 e. The Morgan fingerprint density at radius 1 is 1.19 bits per heavy atom. The molecule has 3 rings (SSSR count). The van der Waals surface area contributed by atoms with Crippen LogP contribution in [0.2, 0.25) is 0 Å². The van der Waals surface area contributed by atoms with Crippen molar-refractivity contribution in [2.24, 2.45) is 10.9 Å². The third-order valence-electron chi connectivity index (χ3n) is 6.43. The first kappa shape index (κ1) is 26.5. The van der Waals surface area contributed by atoms with Crippen LogP contribution in [0.1, 0.15) is 65.1 Å². The van der Waals surface area contributed by atoms with Gasteiger partial charge in [-0.05, 0) is 57.6 Å². The van der Waals surface area contributed by atoms with Crippen molar-refractivity contribution in [1.29, 1.82) is 0 Å². The number of aliphatic imine (C=N–C) groups is 1. The molecule has 6 nitrogen and oxygen atoms in total. The second-order valence-electron chi connectivity index (χ2n) is 9.25. The van der Waals surface area contributed by atoms with E-state index in [0.29, 0.717) is 24.1 Å². The summed E-state index contributed by atoms with van der Waals surface area (Å²) in [5.41, 5.74) is 0. The highest BCUT2D eigenvalue weighted by molar-refractivity contribution is 14.0. The molecule has 1 saturated carbocycles. The molecule has 1 aliphatic carbocycles. The van der Waals surface area contributed by atoms with Crippen molar-refractivity contribution < 1.29 is 9.15 Å². The van der Waals surface area contributed by atoms with Gasteiger partial charge in [0.2, 0.25) is 0 Å². The van der Waals surface area contributed by atoms with Crippen LogP contribution in [0.15, 0.2) is 27.8 Å². The van der Waals surface area contributed by atoms with Gasteiger partial charge < -0.3 is 24.7 Å². The van der Waals surface area contributed by atoms with Gasteiger partial charge in [0, 0.05) is 44.7 Å². The number of hydrogen-bond acceptors (Lipinski definition) is 4. The van der Waals surface area contributed by atoms with Gasteiger partial charge >= 0.3 is 0 Å². The quantitative estimate of drug-likeness (QED) is 0.273. The van der Waals surface area contributed by atoms with E-state index in [0.717, 1.165) is 63.8 Å². The van der Waals surface area contributed by atoms with Gasteiger partial charge in [-0.1, -0.05) is 19.8 Å². The van der Waals surface area contributed by atoms with Crippen LogP contribution in [0, 0.1) is 5.92 Å². The van der Waals surface area contributed by atoms with Gasteiger partial charge in [0.25, 0.3) is 0 Å². The molecule has 1 aliphatic heterocycles. The summed E-state index contributed by atoms with van der Waals surface area (Å²) < 4.78 is 11.2. The lowest BCUT2D eigenvalue weighted by Crippen LogP contribution is -2.52. The van der Waals surface area contributed by atoms with Crippen LogP contribution >= 0.6 is 24.0 Å². The molecular formula is C24H43IN4O2. The Kier molecular flexibility index (Phi) is 12.3. The molecule has 0 aromatic carbocycles. The first-order valence-corrected chi connectivity index (χ1v) is 12.0. The van der Waals surface area contributed by atoms with Gasteiger partial charge in [0.1, 0.15) is 5.76 Å². The normalized spacial score (nSPS) is 23.5. The maximum absolute atomic E-state index is 5.71. The minimum atomic E-state index is 0. The highest BCUT2D eigenvalue weighted by Crippen LogP contribution is 2.23. The lowest BCUT2D eigenvalue weighted by molar-refractivity contribution is 0.0532. The number of guanidine groups is 1. The molecule has 178 valence electrons. The van der Waals surface area contributed by atoms with Crippen LogP contribution in [-0.2, 0) is 11.2 Å². The van der Waals surface area contributed by atoms with Gasteiger partial charge in [0.05, 0.1) is 19.0 Å². The number of nitrogens with zero attached hydrogens (tertiary/aromatic N) is 2. The summed E-state index contributed by atoms with van der Waals surface area (Å²) >= 11 is 0. The summed E-state index contributed by atoms with van der Waals surface area (Å²) in [5.74, 6) is 2.70. The third kappa shape index (κ3) is 9.70. The Bertz CT molecular complexity index is 615. The lowest BCUT2D eigenvalue weighted by Gasteiger charge is -2.35. The van der Waals surface area contributed by atoms with E-state index in [1.165, 1.54) is 25.7 Å². The second kappa shape index (κ2) is 14.4. The molecule has 2 N–H and O–H groups in total. The molecular weight excluding hydrogens is 503 g/mol. The molecule has 1 aromatic heterocycles. The molecule has 2 fully saturated rings. The van der Waals surface area contributed by atoms with E-state index in [4.69, 9.17) is 14.1 Å². The van der Waals surface area contributed by atoms with Crippen LogP contribution in [-0.4, -0.2) is 61.8 Å². The fraction of sp³-hybridized carbons (Fsp3) is 0.792. The maximum atomic E-state index is 5.71. The fourth-order valence-electron chi connectivity index (χ4n) is 4.48. The summed E-state index contributed by atoms with van der Waals surface area (Å²) in [4.78, 5) is 7.43. The Balaban J connectivity index is 0.00000341. The number of furan rings is 1. The Morgan fingerprint density at radius 2 is 1.97 bits per heavy atom. The second-order valence-corrected chi connectivity index (χ2v) is 9.25. The first-order chi connectivity index (χ1) is 14.6. The molecule has 2 heterocycles. The van der Waals surface area contributed by atoms with E-state index in [-0.39, 0.29) is 24.0 Å². The topological polar surface area (TPSA) is 62.0 Å². The molecule has 2 unspecified atom stereocenters. The zero-order chi connectivity index (χ0) is 21.2. The average Bonchev–Trinajstić information content (AvgIpc) is 3.24.